The van der Waals surface area contributed by atoms with E-state index in [0.717, 1.165) is 38.9 Å². The Labute approximate surface area is 123 Å². The van der Waals surface area contributed by atoms with Crippen LogP contribution in [0.3, 0.4) is 0 Å². The molecule has 0 bridgehead atoms. The molecule has 1 heterocycles. The number of nitrogens with one attached hydrogen (secondary N) is 1. The molecule has 1 aliphatic heterocycles. The van der Waals surface area contributed by atoms with Crippen LogP contribution in [-0.2, 0) is 0 Å². The number of nitrogens with zero attached hydrogens (tertiary/aromatic N) is 2. The van der Waals surface area contributed by atoms with Crippen molar-refractivity contribution < 1.29 is 4.79 Å². The molecule has 1 fully saturated rings. The van der Waals surface area contributed by atoms with Gasteiger partial charge in [-0.15, -0.1) is 0 Å². The van der Waals surface area contributed by atoms with Crippen LogP contribution in [0.4, 0.5) is 4.79 Å². The van der Waals surface area contributed by atoms with Gasteiger partial charge in [0.05, 0.1) is 0 Å². The maximum atomic E-state index is 12.2. The number of carbonyl (C=O) groups excluding carboxylic acids is 1. The number of urea groups is 1. The third-order valence-corrected chi connectivity index (χ3v) is 4.33. The summed E-state index contributed by atoms with van der Waals surface area (Å²) in [7, 11) is 0. The fourth-order valence-corrected chi connectivity index (χ4v) is 3.08. The van der Waals surface area contributed by atoms with Gasteiger partial charge >= 0.3 is 6.03 Å². The summed E-state index contributed by atoms with van der Waals surface area (Å²) in [5.41, 5.74) is 0. The molecule has 0 saturated carbocycles. The standard InChI is InChI=1S/C16H29N3O/c1-2-19(14-8-13-18-11-6-7-12-18)16(20)17-15-9-4-3-5-10-15/h4,9,15H,2-3,5-8,10-14H2,1H3,(H,17,20)/t15-/m0/s1. The largest absolute Gasteiger partial charge is 0.332 e. The third-order valence-electron chi connectivity index (χ3n) is 4.33. The van der Waals surface area contributed by atoms with Gasteiger partial charge in [-0.2, -0.15) is 0 Å². The highest BCUT2D eigenvalue weighted by Crippen LogP contribution is 2.11. The van der Waals surface area contributed by atoms with E-state index in [0.29, 0.717) is 0 Å². The first-order valence-electron chi connectivity index (χ1n) is 8.24. The van der Waals surface area contributed by atoms with Gasteiger partial charge in [0, 0.05) is 19.1 Å². The summed E-state index contributed by atoms with van der Waals surface area (Å²) in [5.74, 6) is 0. The maximum Gasteiger partial charge on any atom is 0.317 e. The van der Waals surface area contributed by atoms with Gasteiger partial charge in [-0.05, 0) is 65.1 Å². The summed E-state index contributed by atoms with van der Waals surface area (Å²) in [4.78, 5) is 16.7. The molecule has 0 radical (unpaired) electrons. The van der Waals surface area contributed by atoms with Crippen LogP contribution in [0.15, 0.2) is 12.2 Å². The fourth-order valence-electron chi connectivity index (χ4n) is 3.08. The highest BCUT2D eigenvalue weighted by Gasteiger charge is 2.17. The van der Waals surface area contributed by atoms with E-state index in [2.05, 4.69) is 29.3 Å². The van der Waals surface area contributed by atoms with Crippen molar-refractivity contribution in [1.82, 2.24) is 15.1 Å². The van der Waals surface area contributed by atoms with Crippen molar-refractivity contribution >= 4 is 6.03 Å². The monoisotopic (exact) mass is 279 g/mol. The average Bonchev–Trinajstić information content (AvgIpc) is 2.98. The average molecular weight is 279 g/mol. The number of hydrogen-bond acceptors (Lipinski definition) is 2. The number of allylic oxidation sites excluding steroid dienone is 1. The number of hydrogen-bond donors (Lipinski definition) is 1. The highest BCUT2D eigenvalue weighted by atomic mass is 16.2. The van der Waals surface area contributed by atoms with E-state index < -0.39 is 0 Å². The predicted octanol–water partition coefficient (Wildman–Crippen LogP) is 2.61. The first-order valence-corrected chi connectivity index (χ1v) is 8.24. The molecule has 1 atom stereocenters. The second-order valence-electron chi connectivity index (χ2n) is 5.90. The van der Waals surface area contributed by atoms with Crippen molar-refractivity contribution in [2.24, 2.45) is 0 Å². The molecule has 0 aromatic carbocycles. The fraction of sp³-hybridized carbons (Fsp3) is 0.812. The van der Waals surface area contributed by atoms with Gasteiger partial charge in [0.2, 0.25) is 0 Å². The second-order valence-corrected chi connectivity index (χ2v) is 5.90. The van der Waals surface area contributed by atoms with E-state index in [1.807, 2.05) is 4.90 Å². The third kappa shape index (κ3) is 4.82. The van der Waals surface area contributed by atoms with E-state index in [9.17, 15) is 4.79 Å². The SMILES string of the molecule is CCN(CCCN1CCCC1)C(=O)N[C@H]1C=CCCC1. The van der Waals surface area contributed by atoms with Crippen LogP contribution in [0, 0.1) is 0 Å². The Morgan fingerprint density at radius 3 is 2.80 bits per heavy atom. The van der Waals surface area contributed by atoms with Gasteiger partial charge in [0.25, 0.3) is 0 Å². The van der Waals surface area contributed by atoms with Crippen molar-refractivity contribution in [3.8, 4) is 0 Å². The molecule has 1 saturated heterocycles. The molecule has 2 amide bonds. The van der Waals surface area contributed by atoms with Crippen molar-refractivity contribution in [2.75, 3.05) is 32.7 Å². The van der Waals surface area contributed by atoms with Gasteiger partial charge in [-0.1, -0.05) is 12.2 Å². The van der Waals surface area contributed by atoms with Crippen molar-refractivity contribution in [3.05, 3.63) is 12.2 Å². The van der Waals surface area contributed by atoms with Crippen molar-refractivity contribution in [1.29, 1.82) is 0 Å². The van der Waals surface area contributed by atoms with Crippen LogP contribution >= 0.6 is 0 Å². The summed E-state index contributed by atoms with van der Waals surface area (Å²) in [6.07, 6.45) is 11.5. The van der Waals surface area contributed by atoms with E-state index >= 15 is 0 Å². The number of amides is 2. The molecule has 4 heteroatoms. The minimum atomic E-state index is 0.102. The highest BCUT2D eigenvalue weighted by molar-refractivity contribution is 5.74. The summed E-state index contributed by atoms with van der Waals surface area (Å²) in [5, 5.41) is 3.13. The van der Waals surface area contributed by atoms with Crippen LogP contribution in [-0.4, -0.2) is 54.6 Å². The second kappa shape index (κ2) is 8.30. The van der Waals surface area contributed by atoms with Gasteiger partial charge in [-0.3, -0.25) is 0 Å². The lowest BCUT2D eigenvalue weighted by atomic mass is 10.0. The molecule has 4 nitrogen and oxygen atoms in total. The first-order chi connectivity index (χ1) is 9.79. The zero-order valence-electron chi connectivity index (χ0n) is 12.8. The van der Waals surface area contributed by atoms with E-state index in [1.165, 1.54) is 32.4 Å². The molecule has 0 spiro atoms. The number of carbonyl (C=O) groups is 1. The summed E-state index contributed by atoms with van der Waals surface area (Å²) in [6, 6.07) is 0.342. The Balaban J connectivity index is 1.67. The molecule has 0 unspecified atom stereocenters. The van der Waals surface area contributed by atoms with Gasteiger partial charge in [-0.25, -0.2) is 4.79 Å². The predicted molar refractivity (Wildman–Crippen MR) is 82.8 cm³/mol. The lowest BCUT2D eigenvalue weighted by molar-refractivity contribution is 0.193. The Bertz CT molecular complexity index is 324. The van der Waals surface area contributed by atoms with E-state index in [-0.39, 0.29) is 12.1 Å². The molecule has 0 aromatic heterocycles. The van der Waals surface area contributed by atoms with E-state index in [4.69, 9.17) is 0 Å². The van der Waals surface area contributed by atoms with Gasteiger partial charge < -0.3 is 15.1 Å². The van der Waals surface area contributed by atoms with E-state index in [1.54, 1.807) is 0 Å². The summed E-state index contributed by atoms with van der Waals surface area (Å²) < 4.78 is 0. The Morgan fingerprint density at radius 1 is 1.35 bits per heavy atom. The topological polar surface area (TPSA) is 35.6 Å². The molecule has 2 aliphatic rings. The van der Waals surface area contributed by atoms with Crippen LogP contribution in [0.5, 0.6) is 0 Å². The molecule has 1 aliphatic carbocycles. The Hall–Kier alpha value is -1.03. The molecule has 114 valence electrons. The molecular formula is C16H29N3O. The number of rotatable bonds is 6. The van der Waals surface area contributed by atoms with Gasteiger partial charge in [0.15, 0.2) is 0 Å². The first kappa shape index (κ1) is 15.4. The minimum absolute atomic E-state index is 0.102. The smallest absolute Gasteiger partial charge is 0.317 e. The Morgan fingerprint density at radius 2 is 2.15 bits per heavy atom. The van der Waals surface area contributed by atoms with Crippen molar-refractivity contribution in [2.45, 2.75) is 51.5 Å². The zero-order chi connectivity index (χ0) is 14.2. The molecular weight excluding hydrogens is 250 g/mol. The quantitative estimate of drug-likeness (QED) is 0.759. The van der Waals surface area contributed by atoms with Crippen molar-refractivity contribution in [3.63, 3.8) is 0 Å². The normalized spacial score (nSPS) is 22.9. The van der Waals surface area contributed by atoms with Crippen LogP contribution in [0.2, 0.25) is 0 Å². The van der Waals surface area contributed by atoms with Crippen LogP contribution in [0.1, 0.15) is 45.4 Å². The number of likely N-dealkylation sites (tertiary alicyclic amines) is 1. The molecule has 0 aromatic rings. The lowest BCUT2D eigenvalue weighted by Gasteiger charge is -2.26. The minimum Gasteiger partial charge on any atom is -0.332 e. The maximum absolute atomic E-state index is 12.2. The Kier molecular flexibility index (Phi) is 6.37. The summed E-state index contributed by atoms with van der Waals surface area (Å²) >= 11 is 0. The lowest BCUT2D eigenvalue weighted by Crippen LogP contribution is -2.45. The molecule has 2 rings (SSSR count). The summed E-state index contributed by atoms with van der Waals surface area (Å²) in [6.45, 7) is 7.34. The zero-order valence-corrected chi connectivity index (χ0v) is 12.8. The van der Waals surface area contributed by atoms with Crippen LogP contribution in [0.25, 0.3) is 0 Å². The van der Waals surface area contributed by atoms with Gasteiger partial charge in [0.1, 0.15) is 0 Å². The molecule has 20 heavy (non-hydrogen) atoms. The van der Waals surface area contributed by atoms with Crippen LogP contribution < -0.4 is 5.32 Å². The molecule has 1 N–H and O–H groups in total.